The van der Waals surface area contributed by atoms with E-state index in [2.05, 4.69) is 29.2 Å². The Labute approximate surface area is 163 Å². The van der Waals surface area contributed by atoms with Gasteiger partial charge in [-0.1, -0.05) is 30.3 Å². The summed E-state index contributed by atoms with van der Waals surface area (Å²) in [5.41, 5.74) is 9.92. The number of ether oxygens (including phenoxy) is 2. The zero-order chi connectivity index (χ0) is 19.8. The van der Waals surface area contributed by atoms with Gasteiger partial charge in [0.15, 0.2) is 11.5 Å². The first-order valence-electron chi connectivity index (χ1n) is 9.17. The van der Waals surface area contributed by atoms with Crippen molar-refractivity contribution in [1.82, 2.24) is 9.55 Å². The molecule has 0 unspecified atom stereocenters. The lowest BCUT2D eigenvalue weighted by atomic mass is 9.99. The maximum absolute atomic E-state index is 12.0. The van der Waals surface area contributed by atoms with Crippen LogP contribution in [0.15, 0.2) is 53.3 Å². The zero-order valence-electron chi connectivity index (χ0n) is 16.2. The third-order valence-electron chi connectivity index (χ3n) is 5.39. The molecular formula is C22H23N3O3. The predicted octanol–water partition coefficient (Wildman–Crippen LogP) is 3.32. The first-order chi connectivity index (χ1) is 13.5. The van der Waals surface area contributed by atoms with E-state index in [0.717, 1.165) is 23.2 Å². The Bertz CT molecular complexity index is 1090. The van der Waals surface area contributed by atoms with Gasteiger partial charge in [-0.05, 0) is 41.2 Å². The number of aromatic nitrogens is 2. The number of rotatable bonds is 5. The van der Waals surface area contributed by atoms with Gasteiger partial charge in [-0.15, -0.1) is 0 Å². The van der Waals surface area contributed by atoms with Gasteiger partial charge in [0.2, 0.25) is 5.95 Å². The standard InChI is InChI=1S/C22H23N3O3/c1-25-21(26)12-18(24-22(25)23)17-11-16(17)15-6-4-5-13(9-15)14-7-8-19(27-2)20(10-14)28-3/h4-10,12,16-17H,11H2,1-3H3,(H2,23,24)/t16-,17-/m0/s1. The molecule has 6 heteroatoms. The van der Waals surface area contributed by atoms with Gasteiger partial charge >= 0.3 is 0 Å². The molecule has 2 atom stereocenters. The number of hydrogen-bond donors (Lipinski definition) is 1. The van der Waals surface area contributed by atoms with E-state index in [9.17, 15) is 4.79 Å². The Morgan fingerprint density at radius 2 is 1.75 bits per heavy atom. The van der Waals surface area contributed by atoms with Crippen LogP contribution in [0, 0.1) is 0 Å². The van der Waals surface area contributed by atoms with Gasteiger partial charge in [0.25, 0.3) is 5.56 Å². The van der Waals surface area contributed by atoms with Crippen LogP contribution >= 0.6 is 0 Å². The highest BCUT2D eigenvalue weighted by Gasteiger charge is 2.41. The summed E-state index contributed by atoms with van der Waals surface area (Å²) in [6.45, 7) is 0. The van der Waals surface area contributed by atoms with Crippen LogP contribution in [0.1, 0.15) is 29.5 Å². The van der Waals surface area contributed by atoms with Crippen LogP contribution in [0.5, 0.6) is 11.5 Å². The molecule has 1 heterocycles. The smallest absolute Gasteiger partial charge is 0.254 e. The normalized spacial score (nSPS) is 18.0. The minimum absolute atomic E-state index is 0.118. The molecule has 1 saturated carbocycles. The van der Waals surface area contributed by atoms with Crippen LogP contribution < -0.4 is 20.8 Å². The molecule has 1 aromatic heterocycles. The highest BCUT2D eigenvalue weighted by Crippen LogP contribution is 2.54. The second-order valence-electron chi connectivity index (χ2n) is 7.08. The molecule has 0 saturated heterocycles. The van der Waals surface area contributed by atoms with E-state index >= 15 is 0 Å². The quantitative estimate of drug-likeness (QED) is 0.738. The van der Waals surface area contributed by atoms with Crippen LogP contribution in [0.4, 0.5) is 5.95 Å². The SMILES string of the molecule is COc1ccc(-c2cccc([C@@H]3C[C@@H]3c3cc(=O)n(C)c(N)n3)c2)cc1OC. The first-order valence-corrected chi connectivity index (χ1v) is 9.17. The van der Waals surface area contributed by atoms with Crippen LogP contribution in [0.3, 0.4) is 0 Å². The molecule has 0 radical (unpaired) electrons. The minimum atomic E-state index is -0.118. The molecule has 3 aromatic rings. The fraction of sp³-hybridized carbons (Fsp3) is 0.273. The molecule has 0 bridgehead atoms. The van der Waals surface area contributed by atoms with E-state index in [1.807, 2.05) is 18.2 Å². The van der Waals surface area contributed by atoms with E-state index in [1.165, 1.54) is 10.1 Å². The number of nitrogens with two attached hydrogens (primary N) is 1. The largest absolute Gasteiger partial charge is 0.493 e. The molecule has 0 spiro atoms. The lowest BCUT2D eigenvalue weighted by Gasteiger charge is -2.11. The summed E-state index contributed by atoms with van der Waals surface area (Å²) in [6, 6.07) is 16.0. The topological polar surface area (TPSA) is 79.4 Å². The second-order valence-corrected chi connectivity index (χ2v) is 7.08. The van der Waals surface area contributed by atoms with Gasteiger partial charge in [0.05, 0.1) is 19.9 Å². The molecule has 2 aromatic carbocycles. The van der Waals surface area contributed by atoms with Crippen molar-refractivity contribution in [2.24, 2.45) is 7.05 Å². The molecule has 28 heavy (non-hydrogen) atoms. The van der Waals surface area contributed by atoms with E-state index < -0.39 is 0 Å². The summed E-state index contributed by atoms with van der Waals surface area (Å²) in [7, 11) is 4.89. The maximum Gasteiger partial charge on any atom is 0.254 e. The van der Waals surface area contributed by atoms with Crippen molar-refractivity contribution in [2.45, 2.75) is 18.3 Å². The predicted molar refractivity (Wildman–Crippen MR) is 109 cm³/mol. The van der Waals surface area contributed by atoms with Gasteiger partial charge in [0.1, 0.15) is 0 Å². The first kappa shape index (κ1) is 18.1. The maximum atomic E-state index is 12.0. The molecular weight excluding hydrogens is 354 g/mol. The van der Waals surface area contributed by atoms with Crippen LogP contribution in [-0.4, -0.2) is 23.8 Å². The zero-order valence-corrected chi connectivity index (χ0v) is 16.2. The van der Waals surface area contributed by atoms with E-state index in [1.54, 1.807) is 27.3 Å². The van der Waals surface area contributed by atoms with E-state index in [0.29, 0.717) is 17.4 Å². The van der Waals surface area contributed by atoms with Crippen LogP contribution in [0.2, 0.25) is 0 Å². The number of nitrogen functional groups attached to an aromatic ring is 1. The number of benzene rings is 2. The van der Waals surface area contributed by atoms with Crippen molar-refractivity contribution >= 4 is 5.95 Å². The van der Waals surface area contributed by atoms with Gasteiger partial charge < -0.3 is 15.2 Å². The second kappa shape index (κ2) is 7.03. The van der Waals surface area contributed by atoms with E-state index in [-0.39, 0.29) is 17.4 Å². The third-order valence-corrected chi connectivity index (χ3v) is 5.39. The average Bonchev–Trinajstić information content (AvgIpc) is 3.52. The van der Waals surface area contributed by atoms with E-state index in [4.69, 9.17) is 15.2 Å². The summed E-state index contributed by atoms with van der Waals surface area (Å²) in [6.07, 6.45) is 0.967. The van der Waals surface area contributed by atoms with Gasteiger partial charge in [-0.2, -0.15) is 0 Å². The Morgan fingerprint density at radius 1 is 1.00 bits per heavy atom. The summed E-state index contributed by atoms with van der Waals surface area (Å²) in [4.78, 5) is 16.4. The molecule has 144 valence electrons. The molecule has 0 aliphatic heterocycles. The molecule has 1 fully saturated rings. The van der Waals surface area contributed by atoms with Gasteiger partial charge in [-0.25, -0.2) is 4.98 Å². The summed E-state index contributed by atoms with van der Waals surface area (Å²) in [5, 5.41) is 0. The van der Waals surface area contributed by atoms with Gasteiger partial charge in [-0.3, -0.25) is 9.36 Å². The minimum Gasteiger partial charge on any atom is -0.493 e. The molecule has 0 amide bonds. The summed E-state index contributed by atoms with van der Waals surface area (Å²) >= 11 is 0. The molecule has 1 aliphatic carbocycles. The molecule has 4 rings (SSSR count). The lowest BCUT2D eigenvalue weighted by Crippen LogP contribution is -2.21. The van der Waals surface area contributed by atoms with Gasteiger partial charge in [0, 0.05) is 19.0 Å². The highest BCUT2D eigenvalue weighted by atomic mass is 16.5. The Balaban J connectivity index is 1.61. The average molecular weight is 377 g/mol. The molecule has 6 nitrogen and oxygen atoms in total. The Kier molecular flexibility index (Phi) is 4.55. The van der Waals surface area contributed by atoms with Crippen molar-refractivity contribution in [2.75, 3.05) is 20.0 Å². The molecule has 2 N–H and O–H groups in total. The molecule has 1 aliphatic rings. The monoisotopic (exact) mass is 377 g/mol. The number of anilines is 1. The lowest BCUT2D eigenvalue weighted by molar-refractivity contribution is 0.355. The fourth-order valence-electron chi connectivity index (χ4n) is 3.62. The third kappa shape index (κ3) is 3.22. The number of nitrogens with zero attached hydrogens (tertiary/aromatic N) is 2. The highest BCUT2D eigenvalue weighted by molar-refractivity contribution is 5.68. The Hall–Kier alpha value is -3.28. The number of hydrogen-bond acceptors (Lipinski definition) is 5. The Morgan fingerprint density at radius 3 is 2.46 bits per heavy atom. The van der Waals surface area contributed by atoms with Crippen molar-refractivity contribution in [3.63, 3.8) is 0 Å². The van der Waals surface area contributed by atoms with Crippen molar-refractivity contribution < 1.29 is 9.47 Å². The van der Waals surface area contributed by atoms with Crippen LogP contribution in [0.25, 0.3) is 11.1 Å². The van der Waals surface area contributed by atoms with Crippen molar-refractivity contribution in [3.05, 3.63) is 70.1 Å². The number of methoxy groups -OCH3 is 2. The van der Waals surface area contributed by atoms with Crippen molar-refractivity contribution in [3.8, 4) is 22.6 Å². The van der Waals surface area contributed by atoms with Crippen molar-refractivity contribution in [1.29, 1.82) is 0 Å². The fourth-order valence-corrected chi connectivity index (χ4v) is 3.62. The van der Waals surface area contributed by atoms with Crippen LogP contribution in [-0.2, 0) is 7.05 Å². The summed E-state index contributed by atoms with van der Waals surface area (Å²) in [5.74, 6) is 2.25. The summed E-state index contributed by atoms with van der Waals surface area (Å²) < 4.78 is 12.1.